The van der Waals surface area contributed by atoms with Crippen molar-refractivity contribution in [1.29, 1.82) is 0 Å². The zero-order valence-corrected chi connectivity index (χ0v) is 13.2. The molecule has 0 radical (unpaired) electrons. The van der Waals surface area contributed by atoms with Crippen molar-refractivity contribution < 1.29 is 8.42 Å². The predicted molar refractivity (Wildman–Crippen MR) is 75.1 cm³/mol. The topological polar surface area (TPSA) is 46.2 Å². The van der Waals surface area contributed by atoms with Crippen LogP contribution in [0.25, 0.3) is 0 Å². The number of nitrogens with one attached hydrogen (secondary N) is 1. The fourth-order valence-corrected chi connectivity index (χ4v) is 3.80. The molecule has 0 aromatic carbocycles. The Morgan fingerprint density at radius 3 is 1.88 bits per heavy atom. The summed E-state index contributed by atoms with van der Waals surface area (Å²) in [6.07, 6.45) is 0.682. The molecule has 17 heavy (non-hydrogen) atoms. The number of rotatable bonds is 6. The molecule has 0 aromatic heterocycles. The van der Waals surface area contributed by atoms with Crippen LogP contribution in [-0.2, 0) is 9.84 Å². The monoisotopic (exact) mass is 263 g/mol. The van der Waals surface area contributed by atoms with Gasteiger partial charge in [-0.2, -0.15) is 0 Å². The minimum atomic E-state index is -3.04. The summed E-state index contributed by atoms with van der Waals surface area (Å²) in [7, 11) is -3.04. The molecule has 0 aliphatic carbocycles. The van der Waals surface area contributed by atoms with Crippen LogP contribution in [0.3, 0.4) is 0 Å². The summed E-state index contributed by atoms with van der Waals surface area (Å²) in [6, 6.07) is 0. The Balaban J connectivity index is 4.88. The smallest absolute Gasteiger partial charge is 0.157 e. The molecule has 0 aliphatic heterocycles. The molecule has 2 atom stereocenters. The highest BCUT2D eigenvalue weighted by atomic mass is 32.2. The Morgan fingerprint density at radius 1 is 1.12 bits per heavy atom. The van der Waals surface area contributed by atoms with Crippen molar-refractivity contribution in [2.75, 3.05) is 6.54 Å². The normalized spacial score (nSPS) is 17.2. The maximum absolute atomic E-state index is 12.4. The third-order valence-corrected chi connectivity index (χ3v) is 6.14. The van der Waals surface area contributed by atoms with Gasteiger partial charge < -0.3 is 5.32 Å². The van der Waals surface area contributed by atoms with E-state index in [1.54, 1.807) is 0 Å². The molecule has 0 fully saturated rings. The second-order valence-electron chi connectivity index (χ2n) is 6.22. The molecule has 104 valence electrons. The van der Waals surface area contributed by atoms with Gasteiger partial charge in [0.25, 0.3) is 0 Å². The van der Waals surface area contributed by atoms with Crippen molar-refractivity contribution in [2.45, 2.75) is 70.9 Å². The quantitative estimate of drug-likeness (QED) is 0.801. The van der Waals surface area contributed by atoms with Gasteiger partial charge in [0, 0.05) is 12.1 Å². The molecule has 0 rings (SSSR count). The molecule has 0 saturated carbocycles. The van der Waals surface area contributed by atoms with E-state index in [0.29, 0.717) is 13.0 Å². The van der Waals surface area contributed by atoms with Crippen molar-refractivity contribution in [3.05, 3.63) is 0 Å². The van der Waals surface area contributed by atoms with E-state index in [4.69, 9.17) is 0 Å². The first-order chi connectivity index (χ1) is 7.52. The van der Waals surface area contributed by atoms with Crippen molar-refractivity contribution >= 4 is 9.84 Å². The first kappa shape index (κ1) is 16.9. The van der Waals surface area contributed by atoms with Gasteiger partial charge in [-0.25, -0.2) is 8.42 Å². The van der Waals surface area contributed by atoms with Crippen LogP contribution >= 0.6 is 0 Å². The van der Waals surface area contributed by atoms with Crippen molar-refractivity contribution in [1.82, 2.24) is 5.32 Å². The van der Waals surface area contributed by atoms with E-state index in [1.807, 2.05) is 27.7 Å². The average Bonchev–Trinajstić information content (AvgIpc) is 2.13. The van der Waals surface area contributed by atoms with Crippen LogP contribution < -0.4 is 5.32 Å². The third-order valence-electron chi connectivity index (χ3n) is 3.13. The van der Waals surface area contributed by atoms with Gasteiger partial charge in [-0.3, -0.25) is 0 Å². The van der Waals surface area contributed by atoms with Gasteiger partial charge in [0.05, 0.1) is 10.5 Å². The maximum Gasteiger partial charge on any atom is 0.157 e. The van der Waals surface area contributed by atoms with Crippen molar-refractivity contribution in [3.63, 3.8) is 0 Å². The van der Waals surface area contributed by atoms with Gasteiger partial charge in [-0.1, -0.05) is 20.8 Å². The minimum absolute atomic E-state index is 0.0435. The predicted octanol–water partition coefficient (Wildman–Crippen LogP) is 2.61. The minimum Gasteiger partial charge on any atom is -0.311 e. The van der Waals surface area contributed by atoms with Gasteiger partial charge in [0.15, 0.2) is 9.84 Å². The molecule has 0 bridgehead atoms. The summed E-state index contributed by atoms with van der Waals surface area (Å²) in [5.41, 5.74) is -0.0435. The number of hydrogen-bond acceptors (Lipinski definition) is 3. The molecule has 4 heteroatoms. The van der Waals surface area contributed by atoms with E-state index < -0.39 is 9.84 Å². The fraction of sp³-hybridized carbons (Fsp3) is 1.00. The molecule has 1 N–H and O–H groups in total. The van der Waals surface area contributed by atoms with Crippen LogP contribution in [-0.4, -0.2) is 31.0 Å². The van der Waals surface area contributed by atoms with Crippen LogP contribution in [0.5, 0.6) is 0 Å². The van der Waals surface area contributed by atoms with Crippen molar-refractivity contribution in [3.8, 4) is 0 Å². The Kier molecular flexibility index (Phi) is 6.15. The number of sulfone groups is 1. The molecular weight excluding hydrogens is 234 g/mol. The highest BCUT2D eigenvalue weighted by Gasteiger charge is 2.33. The van der Waals surface area contributed by atoms with E-state index in [9.17, 15) is 8.42 Å². The zero-order chi connectivity index (χ0) is 13.9. The SMILES string of the molecule is CCC(C)S(=O)(=O)C(CNC(C)(C)C)C(C)C. The second-order valence-corrected chi connectivity index (χ2v) is 8.81. The van der Waals surface area contributed by atoms with E-state index in [1.165, 1.54) is 0 Å². The fourth-order valence-electron chi connectivity index (χ4n) is 1.67. The van der Waals surface area contributed by atoms with Crippen LogP contribution in [0.15, 0.2) is 0 Å². The molecule has 0 saturated heterocycles. The first-order valence-corrected chi connectivity index (χ1v) is 8.11. The highest BCUT2D eigenvalue weighted by Crippen LogP contribution is 2.19. The maximum atomic E-state index is 12.4. The van der Waals surface area contributed by atoms with Crippen LogP contribution in [0.4, 0.5) is 0 Å². The summed E-state index contributed by atoms with van der Waals surface area (Å²) < 4.78 is 24.8. The molecule has 0 spiro atoms. The van der Waals surface area contributed by atoms with Gasteiger partial charge in [0.2, 0.25) is 0 Å². The van der Waals surface area contributed by atoms with Gasteiger partial charge in [-0.05, 0) is 40.0 Å². The van der Waals surface area contributed by atoms with E-state index in [-0.39, 0.29) is 22.0 Å². The summed E-state index contributed by atoms with van der Waals surface area (Å²) >= 11 is 0. The van der Waals surface area contributed by atoms with Gasteiger partial charge in [-0.15, -0.1) is 0 Å². The lowest BCUT2D eigenvalue weighted by Gasteiger charge is -2.29. The average molecular weight is 263 g/mol. The lowest BCUT2D eigenvalue weighted by Crippen LogP contribution is -2.47. The van der Waals surface area contributed by atoms with Crippen molar-refractivity contribution in [2.24, 2.45) is 5.92 Å². The molecule has 0 aliphatic rings. The second kappa shape index (κ2) is 6.19. The van der Waals surface area contributed by atoms with Crippen LogP contribution in [0.1, 0.15) is 54.9 Å². The van der Waals surface area contributed by atoms with Gasteiger partial charge in [0.1, 0.15) is 0 Å². The first-order valence-electron chi connectivity index (χ1n) is 6.50. The summed E-state index contributed by atoms with van der Waals surface area (Å²) in [4.78, 5) is 0. The zero-order valence-electron chi connectivity index (χ0n) is 12.4. The largest absolute Gasteiger partial charge is 0.311 e. The number of hydrogen-bond donors (Lipinski definition) is 1. The molecule has 3 nitrogen and oxygen atoms in total. The lowest BCUT2D eigenvalue weighted by atomic mass is 10.1. The van der Waals surface area contributed by atoms with E-state index in [2.05, 4.69) is 26.1 Å². The Morgan fingerprint density at radius 2 is 1.59 bits per heavy atom. The molecule has 0 aromatic rings. The Labute approximate surface area is 107 Å². The van der Waals surface area contributed by atoms with Crippen LogP contribution in [0, 0.1) is 5.92 Å². The lowest BCUT2D eigenvalue weighted by molar-refractivity contribution is 0.398. The molecular formula is C13H29NO2S. The Bertz CT molecular complexity index is 315. The van der Waals surface area contributed by atoms with E-state index in [0.717, 1.165) is 0 Å². The third kappa shape index (κ3) is 5.38. The van der Waals surface area contributed by atoms with E-state index >= 15 is 0 Å². The summed E-state index contributed by atoms with van der Waals surface area (Å²) in [5.74, 6) is 0.142. The Hall–Kier alpha value is -0.0900. The summed E-state index contributed by atoms with van der Waals surface area (Å²) in [6.45, 7) is 14.4. The molecule has 0 heterocycles. The van der Waals surface area contributed by atoms with Crippen LogP contribution in [0.2, 0.25) is 0 Å². The highest BCUT2D eigenvalue weighted by molar-refractivity contribution is 7.92. The molecule has 0 amide bonds. The molecule has 2 unspecified atom stereocenters. The standard InChI is InChI=1S/C13H29NO2S/c1-8-11(4)17(15,16)12(10(2)3)9-14-13(5,6)7/h10-12,14H,8-9H2,1-7H3. The summed E-state index contributed by atoms with van der Waals surface area (Å²) in [5, 5.41) is 2.76. The van der Waals surface area contributed by atoms with Gasteiger partial charge >= 0.3 is 0 Å².